The molecule has 9 rings (SSSR count). The summed E-state index contributed by atoms with van der Waals surface area (Å²) in [5.41, 5.74) is 20.6. The first-order valence-corrected chi connectivity index (χ1v) is 19.8. The van der Waals surface area contributed by atoms with E-state index in [1.165, 1.54) is 22.3 Å². The predicted molar refractivity (Wildman–Crippen MR) is 237 cm³/mol. The summed E-state index contributed by atoms with van der Waals surface area (Å²) < 4.78 is 4.71. The summed E-state index contributed by atoms with van der Waals surface area (Å²) in [4.78, 5) is 8.70. The average Bonchev–Trinajstić information content (AvgIpc) is 3.27. The molecule has 4 aromatic heterocycles. The summed E-state index contributed by atoms with van der Waals surface area (Å²) >= 11 is 0. The van der Waals surface area contributed by atoms with Crippen LogP contribution in [0.25, 0.3) is 78.7 Å². The summed E-state index contributed by atoms with van der Waals surface area (Å²) in [5, 5.41) is 0. The Morgan fingerprint density at radius 3 is 0.724 bits per heavy atom. The normalized spacial score (nSPS) is 11.1. The van der Waals surface area contributed by atoms with Crippen molar-refractivity contribution >= 4 is 0 Å². The molecule has 4 heterocycles. The molecule has 0 bridgehead atoms. The van der Waals surface area contributed by atoms with E-state index in [-0.39, 0.29) is 0 Å². The monoisotopic (exact) mass is 748 g/mol. The first-order chi connectivity index (χ1) is 28.4. The maximum Gasteiger partial charge on any atom is 0.219 e. The molecule has 0 unspecified atom stereocenters. The molecule has 0 aliphatic carbocycles. The van der Waals surface area contributed by atoms with Crippen LogP contribution in [0, 0.1) is 27.7 Å². The molecule has 0 N–H and O–H groups in total. The van der Waals surface area contributed by atoms with Gasteiger partial charge in [0.2, 0.25) is 34.2 Å². The third-order valence-electron chi connectivity index (χ3n) is 10.9. The second-order valence-electron chi connectivity index (χ2n) is 15.2. The molecule has 9 aromatic rings. The first kappa shape index (κ1) is 36.3. The smallest absolute Gasteiger partial charge is 0.219 e. The number of hydrogen-bond donors (Lipinski definition) is 0. The fourth-order valence-corrected chi connectivity index (χ4v) is 7.67. The van der Waals surface area contributed by atoms with Gasteiger partial charge in [-0.1, -0.05) is 95.1 Å². The molecule has 0 spiro atoms. The van der Waals surface area contributed by atoms with Crippen molar-refractivity contribution in [1.29, 1.82) is 0 Å². The maximum atomic E-state index is 4.35. The van der Waals surface area contributed by atoms with Crippen LogP contribution in [0.1, 0.15) is 22.3 Å². The van der Waals surface area contributed by atoms with Gasteiger partial charge in [0.15, 0.2) is 0 Å². The minimum atomic E-state index is 1.06. The zero-order chi connectivity index (χ0) is 39.6. The van der Waals surface area contributed by atoms with Gasteiger partial charge in [-0.3, -0.25) is 9.97 Å². The van der Waals surface area contributed by atoms with E-state index >= 15 is 0 Å². The minimum absolute atomic E-state index is 1.06. The summed E-state index contributed by atoms with van der Waals surface area (Å²) in [7, 11) is 0. The number of aryl methyl sites for hydroxylation is 4. The van der Waals surface area contributed by atoms with E-state index in [4.69, 9.17) is 0 Å². The lowest BCUT2D eigenvalue weighted by Gasteiger charge is -2.14. The summed E-state index contributed by atoms with van der Waals surface area (Å²) in [5.74, 6) is 0. The molecule has 278 valence electrons. The van der Waals surface area contributed by atoms with Gasteiger partial charge in [0, 0.05) is 95.6 Å². The molecule has 0 atom stereocenters. The van der Waals surface area contributed by atoms with Crippen molar-refractivity contribution in [2.75, 3.05) is 0 Å². The molecule has 5 aromatic carbocycles. The van der Waals surface area contributed by atoms with Crippen LogP contribution in [-0.2, 0) is 0 Å². The van der Waals surface area contributed by atoms with Gasteiger partial charge in [0.1, 0.15) is 0 Å². The van der Waals surface area contributed by atoms with Crippen LogP contribution in [0.5, 0.6) is 0 Å². The van der Waals surface area contributed by atoms with Crippen LogP contribution >= 0.6 is 0 Å². The zero-order valence-corrected chi connectivity index (χ0v) is 33.3. The van der Waals surface area contributed by atoms with E-state index in [1.807, 2.05) is 24.8 Å². The van der Waals surface area contributed by atoms with Crippen LogP contribution in [0.4, 0.5) is 0 Å². The van der Waals surface area contributed by atoms with Gasteiger partial charge in [-0.2, -0.15) is 9.13 Å². The van der Waals surface area contributed by atoms with E-state index in [2.05, 4.69) is 217 Å². The van der Waals surface area contributed by atoms with Crippen molar-refractivity contribution in [2.24, 2.45) is 0 Å². The van der Waals surface area contributed by atoms with Crippen LogP contribution < -0.4 is 9.13 Å². The molecule has 0 saturated carbocycles. The topological polar surface area (TPSA) is 33.5 Å². The Bertz CT molecular complexity index is 2510. The second kappa shape index (κ2) is 15.7. The fourth-order valence-electron chi connectivity index (χ4n) is 7.67. The molecular formula is C54H44N4+2. The summed E-state index contributed by atoms with van der Waals surface area (Å²) in [6.45, 7) is 8.54. The molecule has 4 nitrogen and oxygen atoms in total. The second-order valence-corrected chi connectivity index (χ2v) is 15.2. The molecule has 0 fully saturated rings. The van der Waals surface area contributed by atoms with E-state index < -0.39 is 0 Å². The largest absolute Gasteiger partial charge is 0.264 e. The van der Waals surface area contributed by atoms with Crippen molar-refractivity contribution in [3.63, 3.8) is 0 Å². The molecule has 0 aliphatic heterocycles. The van der Waals surface area contributed by atoms with Crippen LogP contribution in [0.15, 0.2) is 195 Å². The SMILES string of the molecule is Cc1ccc(-c2cc(-c3ccc(-c4cc(-c5ccc(C)cc5)[n+](-c5ccncc5)c(-c5ccc(C)cc5)c4)cc3)cc(-c3ccc(C)cc3)[n+]2-c2ccncc2)cc1. The molecule has 0 radical (unpaired) electrons. The highest BCUT2D eigenvalue weighted by atomic mass is 15.0. The quantitative estimate of drug-likeness (QED) is 0.145. The highest BCUT2D eigenvalue weighted by Crippen LogP contribution is 2.35. The first-order valence-electron chi connectivity index (χ1n) is 19.8. The van der Waals surface area contributed by atoms with E-state index in [9.17, 15) is 0 Å². The lowest BCUT2D eigenvalue weighted by molar-refractivity contribution is -0.572. The van der Waals surface area contributed by atoms with Crippen LogP contribution in [0.2, 0.25) is 0 Å². The number of rotatable bonds is 8. The van der Waals surface area contributed by atoms with Gasteiger partial charge in [-0.15, -0.1) is 0 Å². The van der Waals surface area contributed by atoms with Crippen molar-refractivity contribution in [2.45, 2.75) is 27.7 Å². The Hall–Kier alpha value is -7.30. The highest BCUT2D eigenvalue weighted by molar-refractivity contribution is 5.79. The number of hydrogen-bond acceptors (Lipinski definition) is 2. The summed E-state index contributed by atoms with van der Waals surface area (Å²) in [6, 6.07) is 61.9. The molecule has 0 saturated heterocycles. The number of aromatic nitrogens is 4. The third-order valence-corrected chi connectivity index (χ3v) is 10.9. The Labute approximate surface area is 341 Å². The van der Waals surface area contributed by atoms with Gasteiger partial charge in [-0.05, 0) is 98.5 Å². The number of benzene rings is 5. The standard InChI is InChI=1S/C54H44N4/c1-37-5-13-43(14-6-37)51-33-47(34-52(44-15-7-38(2)8-16-44)57(51)49-25-29-55-30-26-49)41-21-23-42(24-22-41)48-35-53(45-17-9-39(3)10-18-45)58(50-27-31-56-32-28-50)54(36-48)46-19-11-40(4)12-20-46/h5-36H,1-4H3/q+2. The molecular weight excluding hydrogens is 705 g/mol. The summed E-state index contributed by atoms with van der Waals surface area (Å²) in [6.07, 6.45) is 7.46. The third kappa shape index (κ3) is 7.36. The molecule has 4 heteroatoms. The van der Waals surface area contributed by atoms with Crippen molar-refractivity contribution in [3.05, 3.63) is 217 Å². The predicted octanol–water partition coefficient (Wildman–Crippen LogP) is 12.3. The van der Waals surface area contributed by atoms with Crippen molar-refractivity contribution in [1.82, 2.24) is 9.97 Å². The lowest BCUT2D eigenvalue weighted by atomic mass is 9.95. The van der Waals surface area contributed by atoms with Crippen molar-refractivity contribution in [3.8, 4) is 78.7 Å². The van der Waals surface area contributed by atoms with Gasteiger partial charge in [0.25, 0.3) is 0 Å². The molecule has 0 aliphatic rings. The van der Waals surface area contributed by atoms with Gasteiger partial charge in [-0.25, -0.2) is 0 Å². The van der Waals surface area contributed by atoms with E-state index in [0.29, 0.717) is 0 Å². The zero-order valence-electron chi connectivity index (χ0n) is 33.3. The Kier molecular flexibility index (Phi) is 9.83. The van der Waals surface area contributed by atoms with E-state index in [0.717, 1.165) is 78.7 Å². The van der Waals surface area contributed by atoms with Crippen molar-refractivity contribution < 1.29 is 9.13 Å². The minimum Gasteiger partial charge on any atom is -0.264 e. The fraction of sp³-hybridized carbons (Fsp3) is 0.0741. The van der Waals surface area contributed by atoms with Crippen LogP contribution in [-0.4, -0.2) is 9.97 Å². The average molecular weight is 749 g/mol. The van der Waals surface area contributed by atoms with E-state index in [1.54, 1.807) is 0 Å². The van der Waals surface area contributed by atoms with Gasteiger partial charge >= 0.3 is 0 Å². The number of pyridine rings is 4. The Balaban J connectivity index is 1.23. The maximum absolute atomic E-state index is 4.35. The van der Waals surface area contributed by atoms with Gasteiger partial charge in [0.05, 0.1) is 0 Å². The lowest BCUT2D eigenvalue weighted by Crippen LogP contribution is -2.36. The molecule has 58 heavy (non-hydrogen) atoms. The Morgan fingerprint density at radius 2 is 0.483 bits per heavy atom. The molecule has 0 amide bonds. The Morgan fingerprint density at radius 1 is 0.259 bits per heavy atom. The highest BCUT2D eigenvalue weighted by Gasteiger charge is 2.27. The number of nitrogens with zero attached hydrogens (tertiary/aromatic N) is 4. The van der Waals surface area contributed by atoms with Gasteiger partial charge < -0.3 is 0 Å². The van der Waals surface area contributed by atoms with Crippen LogP contribution in [0.3, 0.4) is 0 Å².